The van der Waals surface area contributed by atoms with Gasteiger partial charge in [-0.1, -0.05) is 18.2 Å². The van der Waals surface area contributed by atoms with Crippen LogP contribution in [0.15, 0.2) is 29.3 Å². The van der Waals surface area contributed by atoms with Gasteiger partial charge in [0.25, 0.3) is 5.91 Å². The lowest BCUT2D eigenvalue weighted by molar-refractivity contribution is -0.140. The molecule has 1 atom stereocenters. The zero-order valence-electron chi connectivity index (χ0n) is 11.3. The highest BCUT2D eigenvalue weighted by molar-refractivity contribution is 7.73. The van der Waals surface area contributed by atoms with Crippen LogP contribution in [-0.4, -0.2) is 26.7 Å². The Bertz CT molecular complexity index is 987. The summed E-state index contributed by atoms with van der Waals surface area (Å²) in [4.78, 5) is 27.4. The highest BCUT2D eigenvalue weighted by Gasteiger charge is 2.28. The lowest BCUT2D eigenvalue weighted by Crippen LogP contribution is -2.22. The number of hydrogen-bond donors (Lipinski definition) is 2. The molecule has 1 aliphatic heterocycles. The molecule has 3 rings (SSSR count). The Morgan fingerprint density at radius 3 is 2.77 bits per heavy atom. The number of hydrogen-bond acceptors (Lipinski definition) is 5. The molecular weight excluding hydrogens is 324 g/mol. The number of nitrogens with zero attached hydrogens (tertiary/aromatic N) is 2. The van der Waals surface area contributed by atoms with Gasteiger partial charge >= 0.3 is 5.97 Å². The highest BCUT2D eigenvalue weighted by Crippen LogP contribution is 2.34. The van der Waals surface area contributed by atoms with E-state index in [1.165, 1.54) is 6.92 Å². The summed E-state index contributed by atoms with van der Waals surface area (Å²) in [6.07, 6.45) is 0. The van der Waals surface area contributed by atoms with Crippen LogP contribution in [0.2, 0.25) is 0 Å². The van der Waals surface area contributed by atoms with E-state index in [9.17, 15) is 14.7 Å². The fourth-order valence-corrected chi connectivity index (χ4v) is 3.78. The molecule has 0 radical (unpaired) electrons. The van der Waals surface area contributed by atoms with Crippen molar-refractivity contribution in [2.75, 3.05) is 0 Å². The van der Waals surface area contributed by atoms with E-state index in [4.69, 9.17) is 17.3 Å². The molecule has 1 aromatic heterocycles. The van der Waals surface area contributed by atoms with Gasteiger partial charge in [0.1, 0.15) is 10.9 Å². The smallest absolute Gasteiger partial charge is 0.326 e. The number of para-hydroxylation sites is 1. The van der Waals surface area contributed by atoms with Gasteiger partial charge in [0.05, 0.1) is 10.9 Å². The lowest BCUT2D eigenvalue weighted by Gasteiger charge is -2.09. The maximum Gasteiger partial charge on any atom is 0.326 e. The van der Waals surface area contributed by atoms with Gasteiger partial charge in [-0.15, -0.1) is 11.3 Å². The van der Waals surface area contributed by atoms with Gasteiger partial charge in [-0.3, -0.25) is 9.36 Å². The van der Waals surface area contributed by atoms with Gasteiger partial charge in [-0.2, -0.15) is 0 Å². The highest BCUT2D eigenvalue weighted by atomic mass is 32.1. The van der Waals surface area contributed by atoms with Crippen LogP contribution >= 0.6 is 23.6 Å². The second kappa shape index (κ2) is 5.15. The average Bonchev–Trinajstić information content (AvgIpc) is 2.94. The SMILES string of the molecule is C[C@H](C(=O)O)n1c(O)c(C2=c3ccccc3=NC2=O)sc1=S. The van der Waals surface area contributed by atoms with Crippen molar-refractivity contribution in [3.63, 3.8) is 0 Å². The minimum absolute atomic E-state index is 0.187. The Hall–Kier alpha value is -2.32. The fraction of sp³-hybridized carbons (Fsp3) is 0.143. The molecule has 0 spiro atoms. The predicted octanol–water partition coefficient (Wildman–Crippen LogP) is 0.989. The van der Waals surface area contributed by atoms with Crippen molar-refractivity contribution in [3.05, 3.63) is 43.7 Å². The number of carbonyl (C=O) groups is 2. The summed E-state index contributed by atoms with van der Waals surface area (Å²) in [5, 5.41) is 20.6. The molecule has 2 aromatic rings. The van der Waals surface area contributed by atoms with Gasteiger partial charge in [0.15, 0.2) is 3.95 Å². The molecule has 6 nitrogen and oxygen atoms in total. The number of aliphatic carboxylic acids is 1. The Morgan fingerprint density at radius 1 is 1.41 bits per heavy atom. The van der Waals surface area contributed by atoms with E-state index in [1.807, 2.05) is 0 Å². The first-order valence-corrected chi connectivity index (χ1v) is 7.54. The van der Waals surface area contributed by atoms with Gasteiger partial charge in [0, 0.05) is 5.22 Å². The normalized spacial score (nSPS) is 14.6. The second-order valence-corrected chi connectivity index (χ2v) is 6.36. The third-order valence-corrected chi connectivity index (χ3v) is 4.81. The topological polar surface area (TPSA) is 91.9 Å². The van der Waals surface area contributed by atoms with Crippen LogP contribution in [0.1, 0.15) is 17.8 Å². The van der Waals surface area contributed by atoms with Crippen LogP contribution in [0.5, 0.6) is 5.88 Å². The number of amides is 1. The van der Waals surface area contributed by atoms with E-state index in [0.29, 0.717) is 10.6 Å². The Kier molecular flexibility index (Phi) is 3.42. The molecule has 1 amide bonds. The molecule has 1 aliphatic rings. The van der Waals surface area contributed by atoms with Gasteiger partial charge in [-0.25, -0.2) is 9.79 Å². The Balaban J connectivity index is 2.31. The predicted molar refractivity (Wildman–Crippen MR) is 81.9 cm³/mol. The summed E-state index contributed by atoms with van der Waals surface area (Å²) in [7, 11) is 0. The van der Waals surface area contributed by atoms with Gasteiger partial charge < -0.3 is 10.2 Å². The van der Waals surface area contributed by atoms with Crippen molar-refractivity contribution in [1.82, 2.24) is 4.57 Å². The molecule has 112 valence electrons. The second-order valence-electron chi connectivity index (χ2n) is 4.71. The molecule has 8 heteroatoms. The standard InChI is InChI=1S/C14H10N2O4S2/c1-6(13(19)20)16-12(18)10(22-14(16)21)9-7-4-2-3-5-8(7)15-11(9)17/h2-6,18H,1H3,(H,19,20)/t6-/m1/s1. The van der Waals surface area contributed by atoms with E-state index >= 15 is 0 Å². The number of rotatable bonds is 3. The first-order valence-electron chi connectivity index (χ1n) is 6.31. The van der Waals surface area contributed by atoms with Crippen LogP contribution in [0.4, 0.5) is 0 Å². The maximum absolute atomic E-state index is 12.1. The van der Waals surface area contributed by atoms with Crippen molar-refractivity contribution in [1.29, 1.82) is 0 Å². The molecule has 0 saturated heterocycles. The molecule has 0 fully saturated rings. The summed E-state index contributed by atoms with van der Waals surface area (Å²) in [6.45, 7) is 1.41. The summed E-state index contributed by atoms with van der Waals surface area (Å²) in [5.41, 5.74) is 0.250. The molecule has 2 N–H and O–H groups in total. The number of aromatic hydroxyl groups is 1. The van der Waals surface area contributed by atoms with Gasteiger partial charge in [0.2, 0.25) is 5.88 Å². The zero-order valence-corrected chi connectivity index (χ0v) is 12.9. The van der Waals surface area contributed by atoms with E-state index in [-0.39, 0.29) is 20.3 Å². The molecule has 0 saturated carbocycles. The largest absolute Gasteiger partial charge is 0.493 e. The molecule has 22 heavy (non-hydrogen) atoms. The number of benzene rings is 1. The van der Waals surface area contributed by atoms with Crippen molar-refractivity contribution in [2.24, 2.45) is 4.99 Å². The minimum Gasteiger partial charge on any atom is -0.493 e. The quantitative estimate of drug-likeness (QED) is 0.817. The van der Waals surface area contributed by atoms with E-state index in [2.05, 4.69) is 4.99 Å². The lowest BCUT2D eigenvalue weighted by atomic mass is 10.1. The number of carboxylic acids is 1. The van der Waals surface area contributed by atoms with Gasteiger partial charge in [-0.05, 0) is 25.2 Å². The summed E-state index contributed by atoms with van der Waals surface area (Å²) in [6, 6.07) is 5.93. The number of carboxylic acid groups (broad SMARTS) is 1. The van der Waals surface area contributed by atoms with Crippen LogP contribution in [0.3, 0.4) is 0 Å². The molecule has 0 aliphatic carbocycles. The summed E-state index contributed by atoms with van der Waals surface area (Å²) >= 11 is 6.13. The number of carbonyl (C=O) groups excluding carboxylic acids is 1. The number of thiazole rings is 1. The zero-order chi connectivity index (χ0) is 16.0. The third-order valence-electron chi connectivity index (χ3n) is 3.40. The van der Waals surface area contributed by atoms with Crippen LogP contribution < -0.4 is 10.6 Å². The number of aromatic nitrogens is 1. The third kappa shape index (κ3) is 2.08. The monoisotopic (exact) mass is 334 g/mol. The first kappa shape index (κ1) is 14.6. The van der Waals surface area contributed by atoms with Crippen LogP contribution in [-0.2, 0) is 9.59 Å². The molecular formula is C14H10N2O4S2. The van der Waals surface area contributed by atoms with Crippen molar-refractivity contribution in [2.45, 2.75) is 13.0 Å². The van der Waals surface area contributed by atoms with E-state index in [0.717, 1.165) is 15.9 Å². The molecule has 2 heterocycles. The van der Waals surface area contributed by atoms with Crippen molar-refractivity contribution >= 4 is 41.0 Å². The molecule has 0 bridgehead atoms. The first-order chi connectivity index (χ1) is 10.4. The van der Waals surface area contributed by atoms with Crippen LogP contribution in [0, 0.1) is 3.95 Å². The minimum atomic E-state index is -1.12. The molecule has 1 aromatic carbocycles. The van der Waals surface area contributed by atoms with Crippen LogP contribution in [0.25, 0.3) is 5.57 Å². The van der Waals surface area contributed by atoms with Crippen molar-refractivity contribution in [3.8, 4) is 5.88 Å². The number of fused-ring (bicyclic) bond motifs is 1. The fourth-order valence-electron chi connectivity index (χ4n) is 2.28. The maximum atomic E-state index is 12.1. The van der Waals surface area contributed by atoms with E-state index in [1.54, 1.807) is 24.3 Å². The van der Waals surface area contributed by atoms with Crippen molar-refractivity contribution < 1.29 is 19.8 Å². The Labute approximate surface area is 133 Å². The summed E-state index contributed by atoms with van der Waals surface area (Å²) < 4.78 is 1.31. The summed E-state index contributed by atoms with van der Waals surface area (Å²) in [5.74, 6) is -1.91. The van der Waals surface area contributed by atoms with E-state index < -0.39 is 17.9 Å². The molecule has 0 unspecified atom stereocenters. The average molecular weight is 334 g/mol. The Morgan fingerprint density at radius 2 is 2.09 bits per heavy atom.